The second-order valence-corrected chi connectivity index (χ2v) is 9.06. The maximum absolute atomic E-state index is 13.5. The smallest absolute Gasteiger partial charge is 0.337 e. The van der Waals surface area contributed by atoms with E-state index in [1.54, 1.807) is 13.1 Å². The number of alkyl halides is 2. The number of allylic oxidation sites excluding steroid dienone is 3. The number of Topliss-reactive ketones (excluding diaryl/α,β-unsaturated/α-hetero) is 1. The number of hydrogen-bond donors (Lipinski definition) is 1. The number of pyridine rings is 1. The number of carbonyl (C=O) groups is 2. The Labute approximate surface area is 183 Å². The Morgan fingerprint density at radius 3 is 2.55 bits per heavy atom. The van der Waals surface area contributed by atoms with Crippen LogP contribution in [-0.2, 0) is 14.3 Å². The van der Waals surface area contributed by atoms with Crippen LogP contribution in [0.25, 0.3) is 10.2 Å². The number of hydrogen-bond acceptors (Lipinski definition) is 6. The molecule has 3 heterocycles. The topological polar surface area (TPSA) is 68.3 Å². The molecular formula is C23H24F2N2O3S. The van der Waals surface area contributed by atoms with E-state index in [-0.39, 0.29) is 31.5 Å². The van der Waals surface area contributed by atoms with E-state index in [9.17, 15) is 18.4 Å². The molecule has 0 radical (unpaired) electrons. The first-order valence-electron chi connectivity index (χ1n) is 10.3. The van der Waals surface area contributed by atoms with E-state index in [4.69, 9.17) is 4.74 Å². The number of aromatic nitrogens is 1. The average molecular weight is 447 g/mol. The molecule has 0 amide bonds. The van der Waals surface area contributed by atoms with Gasteiger partial charge in [-0.05, 0) is 50.6 Å². The van der Waals surface area contributed by atoms with E-state index in [0.717, 1.165) is 15.8 Å². The summed E-state index contributed by atoms with van der Waals surface area (Å²) in [5.41, 5.74) is 2.95. The van der Waals surface area contributed by atoms with Gasteiger partial charge in [-0.3, -0.25) is 4.79 Å². The number of esters is 1. The Morgan fingerprint density at radius 1 is 1.19 bits per heavy atom. The summed E-state index contributed by atoms with van der Waals surface area (Å²) in [6.45, 7) is 5.06. The molecule has 4 rings (SSSR count). The van der Waals surface area contributed by atoms with Crippen LogP contribution in [0.4, 0.5) is 8.78 Å². The SMILES string of the molecule is CC(=O)C1=C(C)NC(C)=C(C(=O)OC2CCC(F)(F)CC2)C1c1csc2ncccc12. The fourth-order valence-electron chi connectivity index (χ4n) is 4.50. The number of rotatable bonds is 4. The molecule has 8 heteroatoms. The molecule has 0 bridgehead atoms. The van der Waals surface area contributed by atoms with Crippen molar-refractivity contribution < 1.29 is 23.1 Å². The lowest BCUT2D eigenvalue weighted by Gasteiger charge is -2.32. The van der Waals surface area contributed by atoms with Crippen LogP contribution in [-0.4, -0.2) is 28.8 Å². The molecule has 31 heavy (non-hydrogen) atoms. The van der Waals surface area contributed by atoms with Crippen molar-refractivity contribution in [3.8, 4) is 0 Å². The van der Waals surface area contributed by atoms with Crippen LogP contribution in [0, 0.1) is 0 Å². The second kappa shape index (κ2) is 8.15. The standard InChI is InChI=1S/C23H24F2N2O3S/c1-12-18(14(3)28)20(17-11-31-21-16(17)5-4-10-26-21)19(13(2)27-12)22(29)30-15-6-8-23(24,25)9-7-15/h4-5,10-11,15,20,27H,6-9H2,1-3H3. The van der Waals surface area contributed by atoms with Gasteiger partial charge in [0.05, 0.1) is 5.57 Å². The highest BCUT2D eigenvalue weighted by molar-refractivity contribution is 7.16. The Morgan fingerprint density at radius 2 is 1.87 bits per heavy atom. The van der Waals surface area contributed by atoms with Crippen molar-refractivity contribution in [1.29, 1.82) is 0 Å². The lowest BCUT2D eigenvalue weighted by molar-refractivity contribution is -0.151. The van der Waals surface area contributed by atoms with Crippen molar-refractivity contribution in [3.05, 3.63) is 51.8 Å². The Hall–Kier alpha value is -2.61. The van der Waals surface area contributed by atoms with Gasteiger partial charge in [-0.15, -0.1) is 11.3 Å². The summed E-state index contributed by atoms with van der Waals surface area (Å²) in [4.78, 5) is 31.1. The van der Waals surface area contributed by atoms with E-state index in [0.29, 0.717) is 22.5 Å². The van der Waals surface area contributed by atoms with Gasteiger partial charge < -0.3 is 10.1 Å². The molecule has 1 saturated carbocycles. The van der Waals surface area contributed by atoms with Gasteiger partial charge in [-0.1, -0.05) is 6.07 Å². The third kappa shape index (κ3) is 4.13. The van der Waals surface area contributed by atoms with Gasteiger partial charge in [0.15, 0.2) is 5.78 Å². The predicted octanol–water partition coefficient (Wildman–Crippen LogP) is 5.24. The summed E-state index contributed by atoms with van der Waals surface area (Å²) in [6.07, 6.45) is 0.826. The van der Waals surface area contributed by atoms with Gasteiger partial charge in [-0.25, -0.2) is 18.6 Å². The summed E-state index contributed by atoms with van der Waals surface area (Å²) < 4.78 is 32.7. The Bertz CT molecular complexity index is 1110. The molecule has 2 aromatic heterocycles. The van der Waals surface area contributed by atoms with Crippen LogP contribution in [0.2, 0.25) is 0 Å². The maximum atomic E-state index is 13.5. The van der Waals surface area contributed by atoms with Crippen molar-refractivity contribution in [3.63, 3.8) is 0 Å². The zero-order valence-corrected chi connectivity index (χ0v) is 18.4. The van der Waals surface area contributed by atoms with Crippen LogP contribution in [0.5, 0.6) is 0 Å². The zero-order valence-electron chi connectivity index (χ0n) is 17.6. The molecule has 1 atom stereocenters. The minimum atomic E-state index is -2.70. The monoisotopic (exact) mass is 446 g/mol. The molecular weight excluding hydrogens is 422 g/mol. The van der Waals surface area contributed by atoms with E-state index in [1.165, 1.54) is 18.3 Å². The lowest BCUT2D eigenvalue weighted by Crippen LogP contribution is -2.35. The Balaban J connectivity index is 1.73. The van der Waals surface area contributed by atoms with Crippen LogP contribution in [0.1, 0.15) is 57.9 Å². The van der Waals surface area contributed by atoms with E-state index in [1.807, 2.05) is 24.4 Å². The highest BCUT2D eigenvalue weighted by Gasteiger charge is 2.40. The summed E-state index contributed by atoms with van der Waals surface area (Å²) >= 11 is 1.45. The molecule has 1 aliphatic carbocycles. The maximum Gasteiger partial charge on any atom is 0.337 e. The normalized spacial score (nSPS) is 21.9. The summed E-state index contributed by atoms with van der Waals surface area (Å²) in [5.74, 6) is -4.01. The molecule has 1 N–H and O–H groups in total. The number of nitrogens with one attached hydrogen (secondary N) is 1. The summed E-state index contributed by atoms with van der Waals surface area (Å²) in [5, 5.41) is 5.94. The number of nitrogens with zero attached hydrogens (tertiary/aromatic N) is 1. The zero-order chi connectivity index (χ0) is 22.3. The van der Waals surface area contributed by atoms with Crippen LogP contribution >= 0.6 is 11.3 Å². The molecule has 164 valence electrons. The number of thiophene rings is 1. The molecule has 1 fully saturated rings. The molecule has 5 nitrogen and oxygen atoms in total. The van der Waals surface area contributed by atoms with Gasteiger partial charge >= 0.3 is 5.97 Å². The van der Waals surface area contributed by atoms with E-state index in [2.05, 4.69) is 10.3 Å². The highest BCUT2D eigenvalue weighted by atomic mass is 32.1. The van der Waals surface area contributed by atoms with E-state index >= 15 is 0 Å². The third-order valence-electron chi connectivity index (χ3n) is 5.99. The van der Waals surface area contributed by atoms with Crippen molar-refractivity contribution in [2.45, 2.75) is 64.4 Å². The van der Waals surface area contributed by atoms with Crippen molar-refractivity contribution >= 4 is 33.3 Å². The molecule has 0 saturated heterocycles. The quantitative estimate of drug-likeness (QED) is 0.651. The molecule has 2 aromatic rings. The predicted molar refractivity (Wildman–Crippen MR) is 115 cm³/mol. The number of carbonyl (C=O) groups excluding carboxylic acids is 2. The summed E-state index contributed by atoms with van der Waals surface area (Å²) in [6, 6.07) is 3.74. The van der Waals surface area contributed by atoms with Crippen LogP contribution in [0.3, 0.4) is 0 Å². The largest absolute Gasteiger partial charge is 0.459 e. The van der Waals surface area contributed by atoms with Crippen molar-refractivity contribution in [1.82, 2.24) is 10.3 Å². The number of fused-ring (bicyclic) bond motifs is 1. The number of ether oxygens (including phenoxy) is 1. The third-order valence-corrected chi connectivity index (χ3v) is 6.91. The second-order valence-electron chi connectivity index (χ2n) is 8.20. The van der Waals surface area contributed by atoms with E-state index < -0.39 is 23.9 Å². The van der Waals surface area contributed by atoms with Crippen molar-refractivity contribution in [2.75, 3.05) is 0 Å². The fourth-order valence-corrected chi connectivity index (χ4v) is 5.44. The lowest BCUT2D eigenvalue weighted by atomic mass is 9.79. The van der Waals surface area contributed by atoms with Crippen molar-refractivity contribution in [2.24, 2.45) is 0 Å². The van der Waals surface area contributed by atoms with Crippen LogP contribution in [0.15, 0.2) is 46.2 Å². The number of ketones is 1. The number of dihydropyridines is 1. The van der Waals surface area contributed by atoms with Gasteiger partial charge in [-0.2, -0.15) is 0 Å². The first-order valence-corrected chi connectivity index (χ1v) is 11.2. The highest BCUT2D eigenvalue weighted by Crippen LogP contribution is 2.44. The van der Waals surface area contributed by atoms with Gasteiger partial charge in [0.25, 0.3) is 0 Å². The minimum absolute atomic E-state index is 0.128. The molecule has 0 aromatic carbocycles. The Kier molecular flexibility index (Phi) is 5.68. The molecule has 0 spiro atoms. The first kappa shape index (κ1) is 21.6. The van der Waals surface area contributed by atoms with Crippen LogP contribution < -0.4 is 5.32 Å². The molecule has 1 unspecified atom stereocenters. The van der Waals surface area contributed by atoms with Gasteiger partial charge in [0.2, 0.25) is 5.92 Å². The number of halogens is 2. The first-order chi connectivity index (χ1) is 14.7. The average Bonchev–Trinajstić information content (AvgIpc) is 3.12. The fraction of sp³-hybridized carbons (Fsp3) is 0.435. The van der Waals surface area contributed by atoms with Gasteiger partial charge in [0, 0.05) is 47.3 Å². The molecule has 2 aliphatic rings. The molecule has 1 aliphatic heterocycles. The minimum Gasteiger partial charge on any atom is -0.459 e. The summed E-state index contributed by atoms with van der Waals surface area (Å²) in [7, 11) is 0. The van der Waals surface area contributed by atoms with Gasteiger partial charge in [0.1, 0.15) is 10.9 Å².